The molecule has 3 aliphatic rings. The highest BCUT2D eigenvalue weighted by Gasteiger charge is 2.41. The number of pyridine rings is 1. The molecule has 0 bridgehead atoms. The van der Waals surface area contributed by atoms with Gasteiger partial charge in [0.1, 0.15) is 5.82 Å². The molecule has 8 nitrogen and oxygen atoms in total. The van der Waals surface area contributed by atoms with E-state index in [-0.39, 0.29) is 17.8 Å². The number of hydrogen-bond acceptors (Lipinski definition) is 8. The van der Waals surface area contributed by atoms with Crippen LogP contribution in [-0.4, -0.2) is 84.9 Å². The number of hydrogen-bond donors (Lipinski definition) is 1. The Morgan fingerprint density at radius 3 is 2.44 bits per heavy atom. The molecule has 0 aromatic carbocycles. The molecule has 3 heterocycles. The van der Waals surface area contributed by atoms with Gasteiger partial charge in [0, 0.05) is 70.2 Å². The van der Waals surface area contributed by atoms with E-state index in [0.29, 0.717) is 12.0 Å². The summed E-state index contributed by atoms with van der Waals surface area (Å²) in [4.78, 5) is 7.08. The predicted molar refractivity (Wildman–Crippen MR) is 131 cm³/mol. The zero-order chi connectivity index (χ0) is 23.5. The van der Waals surface area contributed by atoms with E-state index >= 15 is 0 Å². The Kier molecular flexibility index (Phi) is 7.11. The molecule has 2 aromatic heterocycles. The first-order valence-electron chi connectivity index (χ1n) is 12.5. The zero-order valence-electron chi connectivity index (χ0n) is 20.6. The Morgan fingerprint density at radius 2 is 1.79 bits per heavy atom. The van der Waals surface area contributed by atoms with Crippen LogP contribution in [0, 0.1) is 0 Å². The fraction of sp³-hybridized carbons (Fsp3) is 0.654. The van der Waals surface area contributed by atoms with Gasteiger partial charge in [0.2, 0.25) is 0 Å². The molecule has 2 aromatic rings. The summed E-state index contributed by atoms with van der Waals surface area (Å²) >= 11 is 0. The molecule has 0 radical (unpaired) electrons. The van der Waals surface area contributed by atoms with Crippen LogP contribution in [-0.2, 0) is 14.2 Å². The molecule has 5 rings (SSSR count). The third-order valence-electron chi connectivity index (χ3n) is 7.86. The topological polar surface area (TPSA) is 81.6 Å². The molecule has 0 amide bonds. The normalized spacial score (nSPS) is 29.9. The Labute approximate surface area is 202 Å². The monoisotopic (exact) mass is 467 g/mol. The Balaban J connectivity index is 1.20. The van der Waals surface area contributed by atoms with Crippen molar-refractivity contribution in [2.45, 2.75) is 68.3 Å². The number of ether oxygens (including phenoxy) is 3. The van der Waals surface area contributed by atoms with E-state index in [1.165, 1.54) is 24.1 Å². The molecule has 2 saturated carbocycles. The highest BCUT2D eigenvalue weighted by atomic mass is 16.5. The Bertz CT molecular complexity index is 949. The molecule has 1 saturated heterocycles. The van der Waals surface area contributed by atoms with Crippen molar-refractivity contribution in [2.24, 2.45) is 0 Å². The van der Waals surface area contributed by atoms with Gasteiger partial charge in [-0.15, -0.1) is 5.10 Å². The molecule has 0 unspecified atom stereocenters. The molecule has 2 atom stereocenters. The van der Waals surface area contributed by atoms with Crippen molar-refractivity contribution in [3.05, 3.63) is 36.3 Å². The van der Waals surface area contributed by atoms with Crippen LogP contribution >= 0.6 is 0 Å². The number of nitrogens with one attached hydrogen (secondary N) is 1. The summed E-state index contributed by atoms with van der Waals surface area (Å²) in [6.45, 7) is 2.69. The summed E-state index contributed by atoms with van der Waals surface area (Å²) < 4.78 is 17.3. The van der Waals surface area contributed by atoms with Crippen molar-refractivity contribution in [1.82, 2.24) is 20.1 Å². The van der Waals surface area contributed by atoms with Crippen molar-refractivity contribution in [3.63, 3.8) is 0 Å². The maximum absolute atomic E-state index is 6.11. The molecule has 3 fully saturated rings. The number of aromatic nitrogens is 3. The highest BCUT2D eigenvalue weighted by Crippen LogP contribution is 2.43. The van der Waals surface area contributed by atoms with Crippen molar-refractivity contribution in [1.29, 1.82) is 0 Å². The zero-order valence-corrected chi connectivity index (χ0v) is 20.6. The number of nitrogens with zero attached hydrogens (tertiary/aromatic N) is 4. The summed E-state index contributed by atoms with van der Waals surface area (Å²) in [5.41, 5.74) is 3.34. The largest absolute Gasteiger partial charge is 0.377 e. The van der Waals surface area contributed by atoms with Gasteiger partial charge in [-0.05, 0) is 50.7 Å². The summed E-state index contributed by atoms with van der Waals surface area (Å²) in [7, 11) is 5.38. The average molecular weight is 468 g/mol. The van der Waals surface area contributed by atoms with Gasteiger partial charge in [0.25, 0.3) is 0 Å². The minimum Gasteiger partial charge on any atom is -0.377 e. The first kappa shape index (κ1) is 23.6. The molecule has 8 heteroatoms. The van der Waals surface area contributed by atoms with Crippen LogP contribution in [0.15, 0.2) is 30.6 Å². The van der Waals surface area contributed by atoms with Crippen LogP contribution in [0.4, 0.5) is 5.82 Å². The third-order valence-corrected chi connectivity index (χ3v) is 7.86. The van der Waals surface area contributed by atoms with E-state index in [2.05, 4.69) is 37.5 Å². The number of likely N-dealkylation sites (tertiary alicyclic amines) is 1. The minimum absolute atomic E-state index is 0.124. The summed E-state index contributed by atoms with van der Waals surface area (Å²) in [5.74, 6) is 1.43. The lowest BCUT2D eigenvalue weighted by Gasteiger charge is -2.41. The number of rotatable bonds is 9. The Hall–Kier alpha value is -2.13. The summed E-state index contributed by atoms with van der Waals surface area (Å²) in [5, 5.41) is 12.3. The van der Waals surface area contributed by atoms with Crippen LogP contribution in [0.3, 0.4) is 0 Å². The van der Waals surface area contributed by atoms with E-state index in [1.807, 2.05) is 25.6 Å². The first-order valence-corrected chi connectivity index (χ1v) is 12.5. The van der Waals surface area contributed by atoms with E-state index < -0.39 is 0 Å². The van der Waals surface area contributed by atoms with E-state index in [9.17, 15) is 0 Å². The molecule has 34 heavy (non-hydrogen) atoms. The van der Waals surface area contributed by atoms with Crippen LogP contribution in [0.2, 0.25) is 0 Å². The van der Waals surface area contributed by atoms with Crippen molar-refractivity contribution in [2.75, 3.05) is 46.3 Å². The smallest absolute Gasteiger partial charge is 0.149 e. The van der Waals surface area contributed by atoms with Crippen LogP contribution in [0.25, 0.3) is 11.1 Å². The minimum atomic E-state index is -0.124. The lowest BCUT2D eigenvalue weighted by Crippen LogP contribution is -2.48. The lowest BCUT2D eigenvalue weighted by molar-refractivity contribution is -0.0620. The predicted octanol–water partition coefficient (Wildman–Crippen LogP) is 3.50. The molecule has 1 aliphatic heterocycles. The van der Waals surface area contributed by atoms with Gasteiger partial charge in [0.15, 0.2) is 0 Å². The van der Waals surface area contributed by atoms with Crippen molar-refractivity contribution in [3.8, 4) is 11.1 Å². The van der Waals surface area contributed by atoms with Crippen molar-refractivity contribution >= 4 is 5.82 Å². The van der Waals surface area contributed by atoms with Crippen molar-refractivity contribution < 1.29 is 14.2 Å². The van der Waals surface area contributed by atoms with Gasteiger partial charge in [-0.25, -0.2) is 0 Å². The van der Waals surface area contributed by atoms with Gasteiger partial charge in [0.05, 0.1) is 29.7 Å². The van der Waals surface area contributed by atoms with Crippen LogP contribution in [0.1, 0.15) is 50.1 Å². The maximum Gasteiger partial charge on any atom is 0.149 e. The molecule has 0 spiro atoms. The van der Waals surface area contributed by atoms with Crippen LogP contribution in [0.5, 0.6) is 0 Å². The van der Waals surface area contributed by atoms with Gasteiger partial charge in [-0.2, -0.15) is 5.10 Å². The van der Waals surface area contributed by atoms with Gasteiger partial charge in [-0.1, -0.05) is 6.07 Å². The molecular weight excluding hydrogens is 430 g/mol. The van der Waals surface area contributed by atoms with Gasteiger partial charge >= 0.3 is 0 Å². The summed E-state index contributed by atoms with van der Waals surface area (Å²) in [6, 6.07) is 6.63. The molecular formula is C26H37N5O3. The summed E-state index contributed by atoms with van der Waals surface area (Å²) in [6.07, 6.45) is 10.5. The fourth-order valence-electron chi connectivity index (χ4n) is 5.66. The lowest BCUT2D eigenvalue weighted by atomic mass is 9.81. The second kappa shape index (κ2) is 10.2. The average Bonchev–Trinajstić information content (AvgIpc) is 3.66. The quantitative estimate of drug-likeness (QED) is 0.600. The molecule has 2 aliphatic carbocycles. The second-order valence-electron chi connectivity index (χ2n) is 10.1. The van der Waals surface area contributed by atoms with Crippen LogP contribution < -0.4 is 5.32 Å². The van der Waals surface area contributed by atoms with Gasteiger partial charge < -0.3 is 19.5 Å². The number of methoxy groups -OCH3 is 3. The highest BCUT2D eigenvalue weighted by molar-refractivity contribution is 5.68. The first-order chi connectivity index (χ1) is 16.6. The third kappa shape index (κ3) is 5.10. The van der Waals surface area contributed by atoms with E-state index in [4.69, 9.17) is 14.2 Å². The van der Waals surface area contributed by atoms with E-state index in [1.54, 1.807) is 14.2 Å². The molecule has 184 valence electrons. The fourth-order valence-corrected chi connectivity index (χ4v) is 5.66. The molecule has 1 N–H and O–H groups in total. The van der Waals surface area contributed by atoms with Gasteiger partial charge in [-0.3, -0.25) is 9.88 Å². The Morgan fingerprint density at radius 1 is 1.06 bits per heavy atom. The SMILES string of the molecule is CO[C@@H]1CN(CC2(OC)CCC(Nc3cc(-c4cccnc4C4CC4)cnn3)CC2)C[C@H]1OC. The number of anilines is 1. The second-order valence-corrected chi connectivity index (χ2v) is 10.1. The van der Waals surface area contributed by atoms with E-state index in [0.717, 1.165) is 56.7 Å². The standard InChI is InChI=1S/C26H37N5O3/c1-32-22-15-31(16-23(22)33-2)17-26(34-3)10-8-20(9-11-26)29-24-13-19(14-28-30-24)21-5-4-12-27-25(21)18-6-7-18/h4-5,12-14,18,20,22-23H,6-11,15-17H2,1-3H3,(H,29,30)/t20?,22-,23-,26?/m1/s1. The maximum atomic E-state index is 6.11.